The second-order valence-corrected chi connectivity index (χ2v) is 4.46. The first-order valence-electron chi connectivity index (χ1n) is 5.79. The fourth-order valence-corrected chi connectivity index (χ4v) is 1.95. The summed E-state index contributed by atoms with van der Waals surface area (Å²) in [4.78, 5) is 10.4. The largest absolute Gasteiger partial charge is 0.447 e. The molecule has 0 amide bonds. The lowest BCUT2D eigenvalue weighted by molar-refractivity contribution is -0.385. The molecule has 0 unspecified atom stereocenters. The van der Waals surface area contributed by atoms with Crippen LogP contribution in [-0.4, -0.2) is 4.92 Å². The molecule has 0 radical (unpaired) electrons. The fraction of sp³-hybridized carbons (Fsp3) is 0.143. The molecule has 0 saturated carbocycles. The van der Waals surface area contributed by atoms with Crippen LogP contribution in [0, 0.1) is 22.9 Å². The van der Waals surface area contributed by atoms with Crippen molar-refractivity contribution in [2.75, 3.05) is 0 Å². The van der Waals surface area contributed by atoms with Crippen molar-refractivity contribution in [2.24, 2.45) is 0 Å². The van der Waals surface area contributed by atoms with Crippen LogP contribution in [0.2, 0.25) is 0 Å². The molecule has 0 aliphatic rings. The van der Waals surface area contributed by atoms with E-state index in [-0.39, 0.29) is 23.1 Å². The van der Waals surface area contributed by atoms with Gasteiger partial charge >= 0.3 is 5.69 Å². The lowest BCUT2D eigenvalue weighted by Crippen LogP contribution is -1.97. The van der Waals surface area contributed by atoms with Crippen LogP contribution in [0.5, 0.6) is 11.5 Å². The number of hydrogen-bond donors (Lipinski definition) is 0. The number of aryl methyl sites for hydroxylation is 1. The van der Waals surface area contributed by atoms with Crippen LogP contribution in [0.25, 0.3) is 0 Å². The summed E-state index contributed by atoms with van der Waals surface area (Å²) in [5.41, 5.74) is 0.983. The molecule has 0 N–H and O–H groups in total. The van der Waals surface area contributed by atoms with E-state index >= 15 is 0 Å². The summed E-state index contributed by atoms with van der Waals surface area (Å²) in [6, 6.07) is 8.73. The molecule has 0 fully saturated rings. The zero-order valence-electron chi connectivity index (χ0n) is 10.6. The van der Waals surface area contributed by atoms with Crippen LogP contribution in [0.1, 0.15) is 11.1 Å². The topological polar surface area (TPSA) is 52.4 Å². The zero-order valence-corrected chi connectivity index (χ0v) is 11.4. The number of nitro groups is 1. The summed E-state index contributed by atoms with van der Waals surface area (Å²) >= 11 is 5.72. The van der Waals surface area contributed by atoms with Gasteiger partial charge in [0.25, 0.3) is 0 Å². The fourth-order valence-electron chi connectivity index (χ4n) is 1.74. The van der Waals surface area contributed by atoms with Crippen molar-refractivity contribution in [1.82, 2.24) is 0 Å². The molecule has 20 heavy (non-hydrogen) atoms. The zero-order chi connectivity index (χ0) is 14.7. The van der Waals surface area contributed by atoms with Crippen molar-refractivity contribution in [3.05, 3.63) is 63.5 Å². The average molecular weight is 296 g/mol. The van der Waals surface area contributed by atoms with Gasteiger partial charge < -0.3 is 4.74 Å². The Bertz CT molecular complexity index is 661. The summed E-state index contributed by atoms with van der Waals surface area (Å²) in [7, 11) is 0. The summed E-state index contributed by atoms with van der Waals surface area (Å²) in [6.07, 6.45) is 0. The van der Waals surface area contributed by atoms with E-state index in [4.69, 9.17) is 16.3 Å². The maximum absolute atomic E-state index is 13.8. The van der Waals surface area contributed by atoms with E-state index < -0.39 is 10.7 Å². The van der Waals surface area contributed by atoms with Crippen molar-refractivity contribution in [3.8, 4) is 11.5 Å². The van der Waals surface area contributed by atoms with Gasteiger partial charge in [0, 0.05) is 11.6 Å². The summed E-state index contributed by atoms with van der Waals surface area (Å²) in [5.74, 6) is -0.659. The number of benzene rings is 2. The Hall–Kier alpha value is -2.14. The predicted octanol–water partition coefficient (Wildman–Crippen LogP) is 4.57. The van der Waals surface area contributed by atoms with Crippen molar-refractivity contribution in [2.45, 2.75) is 12.8 Å². The molecule has 2 aromatic carbocycles. The lowest BCUT2D eigenvalue weighted by Gasteiger charge is -2.11. The van der Waals surface area contributed by atoms with E-state index in [1.54, 1.807) is 19.1 Å². The molecule has 2 aromatic rings. The number of para-hydroxylation sites is 1. The van der Waals surface area contributed by atoms with Gasteiger partial charge in [-0.25, -0.2) is 4.39 Å². The Morgan fingerprint density at radius 1 is 1.35 bits per heavy atom. The standard InChI is InChI=1S/C14H11ClFNO3/c1-9-5-6-12(17(18)19)13(7-9)20-14-10(8-15)3-2-4-11(14)16/h2-7H,8H2,1H3. The van der Waals surface area contributed by atoms with E-state index in [0.29, 0.717) is 5.56 Å². The molecular formula is C14H11ClFNO3. The van der Waals surface area contributed by atoms with Gasteiger partial charge in [-0.15, -0.1) is 11.6 Å². The Morgan fingerprint density at radius 2 is 2.10 bits per heavy atom. The van der Waals surface area contributed by atoms with Crippen molar-refractivity contribution in [3.63, 3.8) is 0 Å². The predicted molar refractivity (Wildman–Crippen MR) is 73.9 cm³/mol. The maximum atomic E-state index is 13.8. The number of nitro benzene ring substituents is 1. The van der Waals surface area contributed by atoms with Crippen LogP contribution in [0.4, 0.5) is 10.1 Å². The van der Waals surface area contributed by atoms with Crippen LogP contribution in [0.15, 0.2) is 36.4 Å². The van der Waals surface area contributed by atoms with Crippen LogP contribution >= 0.6 is 11.6 Å². The molecule has 0 bridgehead atoms. The molecule has 4 nitrogen and oxygen atoms in total. The van der Waals surface area contributed by atoms with Crippen LogP contribution in [-0.2, 0) is 5.88 Å². The highest BCUT2D eigenvalue weighted by molar-refractivity contribution is 6.17. The van der Waals surface area contributed by atoms with Gasteiger partial charge in [-0.2, -0.15) is 0 Å². The average Bonchev–Trinajstić information content (AvgIpc) is 2.40. The molecule has 0 aliphatic heterocycles. The first-order valence-corrected chi connectivity index (χ1v) is 6.32. The van der Waals surface area contributed by atoms with E-state index in [1.807, 2.05) is 0 Å². The first-order chi connectivity index (χ1) is 9.52. The third-order valence-corrected chi connectivity index (χ3v) is 3.00. The Kier molecular flexibility index (Phi) is 4.20. The minimum Gasteiger partial charge on any atom is -0.447 e. The molecular weight excluding hydrogens is 285 g/mol. The monoisotopic (exact) mass is 295 g/mol. The molecule has 104 valence electrons. The molecule has 0 atom stereocenters. The number of nitrogens with zero attached hydrogens (tertiary/aromatic N) is 1. The molecule has 0 heterocycles. The van der Waals surface area contributed by atoms with Gasteiger partial charge in [0.2, 0.25) is 5.75 Å². The van der Waals surface area contributed by atoms with Crippen LogP contribution in [0.3, 0.4) is 0 Å². The Morgan fingerprint density at radius 3 is 2.75 bits per heavy atom. The van der Waals surface area contributed by atoms with E-state index in [1.165, 1.54) is 24.3 Å². The van der Waals surface area contributed by atoms with Gasteiger partial charge in [-0.05, 0) is 24.6 Å². The highest BCUT2D eigenvalue weighted by atomic mass is 35.5. The van der Waals surface area contributed by atoms with E-state index in [2.05, 4.69) is 0 Å². The highest BCUT2D eigenvalue weighted by Crippen LogP contribution is 2.35. The SMILES string of the molecule is Cc1ccc([N+](=O)[O-])c(Oc2c(F)cccc2CCl)c1. The number of ether oxygens (including phenoxy) is 1. The number of rotatable bonds is 4. The van der Waals surface area contributed by atoms with E-state index in [9.17, 15) is 14.5 Å². The van der Waals surface area contributed by atoms with Crippen molar-refractivity contribution >= 4 is 17.3 Å². The lowest BCUT2D eigenvalue weighted by atomic mass is 10.2. The molecule has 0 saturated heterocycles. The summed E-state index contributed by atoms with van der Waals surface area (Å²) in [6.45, 7) is 1.76. The Labute approximate surface area is 119 Å². The summed E-state index contributed by atoms with van der Waals surface area (Å²) in [5, 5.41) is 11.0. The quantitative estimate of drug-likeness (QED) is 0.471. The van der Waals surface area contributed by atoms with Gasteiger partial charge in [-0.3, -0.25) is 10.1 Å². The molecule has 2 rings (SSSR count). The van der Waals surface area contributed by atoms with Gasteiger partial charge in [-0.1, -0.05) is 18.2 Å². The third kappa shape index (κ3) is 2.88. The minimum absolute atomic E-state index is 0.00790. The molecule has 0 aliphatic carbocycles. The molecule has 0 aromatic heterocycles. The Balaban J connectivity index is 2.50. The summed E-state index contributed by atoms with van der Waals surface area (Å²) < 4.78 is 19.2. The van der Waals surface area contributed by atoms with Crippen molar-refractivity contribution < 1.29 is 14.1 Å². The minimum atomic E-state index is -0.612. The van der Waals surface area contributed by atoms with E-state index in [0.717, 1.165) is 5.56 Å². The second kappa shape index (κ2) is 5.88. The van der Waals surface area contributed by atoms with Gasteiger partial charge in [0.1, 0.15) is 0 Å². The van der Waals surface area contributed by atoms with Gasteiger partial charge in [0.05, 0.1) is 10.8 Å². The smallest absolute Gasteiger partial charge is 0.311 e. The van der Waals surface area contributed by atoms with Gasteiger partial charge in [0.15, 0.2) is 11.6 Å². The molecule has 6 heteroatoms. The number of hydrogen-bond acceptors (Lipinski definition) is 3. The second-order valence-electron chi connectivity index (χ2n) is 4.19. The first kappa shape index (κ1) is 14.3. The highest BCUT2D eigenvalue weighted by Gasteiger charge is 2.18. The maximum Gasteiger partial charge on any atom is 0.311 e. The molecule has 0 spiro atoms. The normalized spacial score (nSPS) is 10.3. The number of halogens is 2. The number of alkyl halides is 1. The van der Waals surface area contributed by atoms with Crippen molar-refractivity contribution in [1.29, 1.82) is 0 Å². The van der Waals surface area contributed by atoms with Crippen LogP contribution < -0.4 is 4.74 Å². The third-order valence-electron chi connectivity index (χ3n) is 2.72.